The van der Waals surface area contributed by atoms with Gasteiger partial charge in [-0.25, -0.2) is 0 Å². The van der Waals surface area contributed by atoms with E-state index < -0.39 is 0 Å². The van der Waals surface area contributed by atoms with Crippen LogP contribution in [0, 0.1) is 0 Å². The molecule has 0 bridgehead atoms. The first-order chi connectivity index (χ1) is 7.86. The second kappa shape index (κ2) is 5.99. The van der Waals surface area contributed by atoms with Gasteiger partial charge in [-0.15, -0.1) is 23.5 Å². The number of rotatable bonds is 3. The van der Waals surface area contributed by atoms with Crippen molar-refractivity contribution in [2.75, 3.05) is 19.1 Å². The maximum Gasteiger partial charge on any atom is 0.0331 e. The number of hydrogen-bond donors (Lipinski definition) is 1. The molecular formula is C13H19NS2. The highest BCUT2D eigenvalue weighted by molar-refractivity contribution is 8.01. The van der Waals surface area contributed by atoms with Gasteiger partial charge in [-0.05, 0) is 43.5 Å². The number of nitrogens with one attached hydrogen (secondary N) is 1. The number of hydrogen-bond acceptors (Lipinski definition) is 3. The van der Waals surface area contributed by atoms with E-state index in [-0.39, 0.29) is 0 Å². The molecule has 1 aromatic rings. The van der Waals surface area contributed by atoms with Gasteiger partial charge in [0, 0.05) is 15.8 Å². The molecule has 1 aliphatic rings. The van der Waals surface area contributed by atoms with E-state index in [2.05, 4.69) is 36.0 Å². The van der Waals surface area contributed by atoms with E-state index in [1.165, 1.54) is 41.2 Å². The zero-order valence-corrected chi connectivity index (χ0v) is 11.6. The summed E-state index contributed by atoms with van der Waals surface area (Å²) in [6.45, 7) is 1.17. The molecule has 1 heterocycles. The molecule has 1 saturated heterocycles. The Morgan fingerprint density at radius 1 is 1.19 bits per heavy atom. The molecule has 0 radical (unpaired) electrons. The van der Waals surface area contributed by atoms with E-state index in [1.807, 2.05) is 23.5 Å². The average molecular weight is 253 g/mol. The quantitative estimate of drug-likeness (QED) is 0.819. The summed E-state index contributed by atoms with van der Waals surface area (Å²) in [7, 11) is 0. The lowest BCUT2D eigenvalue weighted by molar-refractivity contribution is 0.407. The molecule has 1 unspecified atom stereocenters. The van der Waals surface area contributed by atoms with Crippen molar-refractivity contribution in [3.8, 4) is 0 Å². The van der Waals surface area contributed by atoms with Crippen molar-refractivity contribution >= 4 is 23.5 Å². The van der Waals surface area contributed by atoms with Crippen LogP contribution < -0.4 is 5.32 Å². The van der Waals surface area contributed by atoms with E-state index in [0.717, 1.165) is 0 Å². The lowest BCUT2D eigenvalue weighted by Crippen LogP contribution is -2.27. The van der Waals surface area contributed by atoms with E-state index in [4.69, 9.17) is 0 Å². The van der Waals surface area contributed by atoms with Gasteiger partial charge >= 0.3 is 0 Å². The molecule has 1 atom stereocenters. The third-order valence-corrected chi connectivity index (χ3v) is 4.89. The van der Waals surface area contributed by atoms with Crippen molar-refractivity contribution in [2.45, 2.75) is 35.1 Å². The van der Waals surface area contributed by atoms with Crippen LogP contribution in [0.25, 0.3) is 0 Å². The topological polar surface area (TPSA) is 12.0 Å². The van der Waals surface area contributed by atoms with E-state index in [1.54, 1.807) is 0 Å². The molecule has 0 spiro atoms. The summed E-state index contributed by atoms with van der Waals surface area (Å²) in [6.07, 6.45) is 8.31. The minimum atomic E-state index is 0.572. The summed E-state index contributed by atoms with van der Waals surface area (Å²) >= 11 is 3.73. The van der Waals surface area contributed by atoms with Crippen LogP contribution in [0.4, 0.5) is 0 Å². The Morgan fingerprint density at radius 3 is 2.69 bits per heavy atom. The largest absolute Gasteiger partial charge is 0.310 e. The summed E-state index contributed by atoms with van der Waals surface area (Å²) in [4.78, 5) is 2.88. The van der Waals surface area contributed by atoms with Gasteiger partial charge < -0.3 is 5.32 Å². The van der Waals surface area contributed by atoms with Crippen LogP contribution in [-0.4, -0.2) is 19.1 Å². The third-order valence-electron chi connectivity index (χ3n) is 3.12. The van der Waals surface area contributed by atoms with Crippen LogP contribution in [-0.2, 0) is 0 Å². The first kappa shape index (κ1) is 12.3. The smallest absolute Gasteiger partial charge is 0.0331 e. The molecule has 1 nitrogen and oxygen atoms in total. The molecule has 1 aliphatic heterocycles. The van der Waals surface area contributed by atoms with Gasteiger partial charge in [-0.3, -0.25) is 0 Å². The first-order valence-corrected chi connectivity index (χ1v) is 8.26. The maximum absolute atomic E-state index is 3.64. The lowest BCUT2D eigenvalue weighted by Gasteiger charge is -2.26. The van der Waals surface area contributed by atoms with Crippen molar-refractivity contribution in [1.82, 2.24) is 5.32 Å². The summed E-state index contributed by atoms with van der Waals surface area (Å²) in [5.74, 6) is 0. The predicted octanol–water partition coefficient (Wildman–Crippen LogP) is 3.95. The monoisotopic (exact) mass is 253 g/mol. The van der Waals surface area contributed by atoms with Gasteiger partial charge in [0.05, 0.1) is 0 Å². The fraction of sp³-hybridized carbons (Fsp3) is 0.538. The predicted molar refractivity (Wildman–Crippen MR) is 74.6 cm³/mol. The highest BCUT2D eigenvalue weighted by atomic mass is 32.2. The normalized spacial score (nSPS) is 21.0. The maximum atomic E-state index is 3.64. The molecule has 1 N–H and O–H groups in total. The van der Waals surface area contributed by atoms with Crippen molar-refractivity contribution in [1.29, 1.82) is 0 Å². The van der Waals surface area contributed by atoms with Crippen molar-refractivity contribution in [2.24, 2.45) is 0 Å². The van der Waals surface area contributed by atoms with Crippen LogP contribution >= 0.6 is 23.5 Å². The number of piperidine rings is 1. The summed E-state index contributed by atoms with van der Waals surface area (Å²) < 4.78 is 0. The Balaban J connectivity index is 2.30. The van der Waals surface area contributed by atoms with E-state index in [0.29, 0.717) is 6.04 Å². The molecule has 0 amide bonds. The highest BCUT2D eigenvalue weighted by Crippen LogP contribution is 2.36. The molecule has 16 heavy (non-hydrogen) atoms. The van der Waals surface area contributed by atoms with Crippen LogP contribution in [0.2, 0.25) is 0 Å². The standard InChI is InChI=1S/C13H19NS2/c1-15-12-8-5-6-10(13(12)16-2)11-7-3-4-9-14-11/h5-6,8,11,14H,3-4,7,9H2,1-2H3. The fourth-order valence-corrected chi connectivity index (χ4v) is 4.04. The summed E-state index contributed by atoms with van der Waals surface area (Å²) in [6, 6.07) is 7.28. The Morgan fingerprint density at radius 2 is 2.06 bits per heavy atom. The SMILES string of the molecule is CSc1cccc(C2CCCCN2)c1SC. The third kappa shape index (κ3) is 2.58. The Bertz CT molecular complexity index is 346. The summed E-state index contributed by atoms with van der Waals surface area (Å²) in [5.41, 5.74) is 1.50. The molecule has 2 rings (SSSR count). The van der Waals surface area contributed by atoms with E-state index >= 15 is 0 Å². The minimum Gasteiger partial charge on any atom is -0.310 e. The fourth-order valence-electron chi connectivity index (χ4n) is 2.30. The van der Waals surface area contributed by atoms with Crippen molar-refractivity contribution in [3.63, 3.8) is 0 Å². The Hall–Kier alpha value is -0.120. The van der Waals surface area contributed by atoms with Gasteiger partial charge in [0.25, 0.3) is 0 Å². The molecule has 1 fully saturated rings. The number of benzene rings is 1. The van der Waals surface area contributed by atoms with Gasteiger partial charge in [-0.2, -0.15) is 0 Å². The van der Waals surface area contributed by atoms with Crippen molar-refractivity contribution < 1.29 is 0 Å². The van der Waals surface area contributed by atoms with Crippen LogP contribution in [0.3, 0.4) is 0 Å². The zero-order valence-electron chi connectivity index (χ0n) is 9.95. The van der Waals surface area contributed by atoms with Crippen LogP contribution in [0.1, 0.15) is 30.9 Å². The zero-order chi connectivity index (χ0) is 11.4. The highest BCUT2D eigenvalue weighted by Gasteiger charge is 2.18. The average Bonchev–Trinajstić information content (AvgIpc) is 2.38. The molecule has 3 heteroatoms. The van der Waals surface area contributed by atoms with Gasteiger partial charge in [-0.1, -0.05) is 18.6 Å². The lowest BCUT2D eigenvalue weighted by atomic mass is 9.97. The van der Waals surface area contributed by atoms with Crippen LogP contribution in [0.5, 0.6) is 0 Å². The van der Waals surface area contributed by atoms with Crippen LogP contribution in [0.15, 0.2) is 28.0 Å². The molecule has 0 aromatic heterocycles. The second-order valence-electron chi connectivity index (χ2n) is 4.09. The van der Waals surface area contributed by atoms with Gasteiger partial charge in [0.15, 0.2) is 0 Å². The summed E-state index contributed by atoms with van der Waals surface area (Å²) in [5, 5.41) is 3.64. The molecule has 0 saturated carbocycles. The van der Waals surface area contributed by atoms with E-state index in [9.17, 15) is 0 Å². The first-order valence-electron chi connectivity index (χ1n) is 5.81. The molecule has 0 aliphatic carbocycles. The minimum absolute atomic E-state index is 0.572. The second-order valence-corrected chi connectivity index (χ2v) is 5.75. The Labute approximate surface area is 107 Å². The Kier molecular flexibility index (Phi) is 4.62. The molecule has 1 aromatic carbocycles. The number of thioether (sulfide) groups is 2. The molecule has 88 valence electrons. The molecular weight excluding hydrogens is 234 g/mol. The van der Waals surface area contributed by atoms with Gasteiger partial charge in [0.2, 0.25) is 0 Å². The van der Waals surface area contributed by atoms with Gasteiger partial charge in [0.1, 0.15) is 0 Å². The van der Waals surface area contributed by atoms with Crippen molar-refractivity contribution in [3.05, 3.63) is 23.8 Å².